The molecule has 0 radical (unpaired) electrons. The third-order valence-electron chi connectivity index (χ3n) is 2.41. The average molecular weight is 250 g/mol. The van der Waals surface area contributed by atoms with Gasteiger partial charge in [-0.3, -0.25) is 5.10 Å². The van der Waals surface area contributed by atoms with Crippen molar-refractivity contribution in [2.75, 3.05) is 5.73 Å². The van der Waals surface area contributed by atoms with E-state index in [1.165, 1.54) is 0 Å². The third kappa shape index (κ3) is 1.38. The summed E-state index contributed by atoms with van der Waals surface area (Å²) in [5.41, 5.74) is 7.33. The lowest BCUT2D eigenvalue weighted by Crippen LogP contribution is -1.83. The van der Waals surface area contributed by atoms with E-state index < -0.39 is 0 Å². The number of nitrogens with two attached hydrogens (primary N) is 1. The summed E-state index contributed by atoms with van der Waals surface area (Å²) in [7, 11) is 0. The van der Waals surface area contributed by atoms with Crippen LogP contribution < -0.4 is 5.73 Å². The summed E-state index contributed by atoms with van der Waals surface area (Å²) in [6.07, 6.45) is 1.61. The summed E-state index contributed by atoms with van der Waals surface area (Å²) in [6.45, 7) is 0. The van der Waals surface area contributed by atoms with E-state index in [1.54, 1.807) is 17.5 Å². The van der Waals surface area contributed by atoms with Gasteiger partial charge in [-0.15, -0.1) is 11.3 Å². The first-order chi connectivity index (χ1) is 7.75. The first-order valence-corrected chi connectivity index (χ1v) is 5.92. The molecule has 1 aromatic carbocycles. The Kier molecular flexibility index (Phi) is 2.12. The van der Waals surface area contributed by atoms with E-state index in [9.17, 15) is 0 Å². The van der Waals surface area contributed by atoms with Crippen molar-refractivity contribution in [3.63, 3.8) is 0 Å². The maximum absolute atomic E-state index is 6.12. The lowest BCUT2D eigenvalue weighted by molar-refractivity contribution is 1.10. The number of rotatable bonds is 1. The van der Waals surface area contributed by atoms with Crippen molar-refractivity contribution in [1.29, 1.82) is 0 Å². The van der Waals surface area contributed by atoms with Crippen LogP contribution >= 0.6 is 22.9 Å². The molecular weight excluding hydrogens is 242 g/mol. The van der Waals surface area contributed by atoms with Gasteiger partial charge in [0, 0.05) is 0 Å². The molecule has 0 amide bonds. The van der Waals surface area contributed by atoms with Crippen LogP contribution in [-0.4, -0.2) is 10.2 Å². The predicted molar refractivity (Wildman–Crippen MR) is 68.8 cm³/mol. The molecule has 0 aliphatic rings. The van der Waals surface area contributed by atoms with Crippen LogP contribution in [0.1, 0.15) is 0 Å². The molecule has 80 valence electrons. The zero-order valence-electron chi connectivity index (χ0n) is 8.20. The zero-order chi connectivity index (χ0) is 11.1. The second-order valence-corrected chi connectivity index (χ2v) is 4.93. The third-order valence-corrected chi connectivity index (χ3v) is 4.04. The van der Waals surface area contributed by atoms with Crippen LogP contribution in [0, 0.1) is 0 Å². The number of anilines is 1. The number of halogens is 1. The van der Waals surface area contributed by atoms with Gasteiger partial charge in [0.1, 0.15) is 0 Å². The molecule has 3 N–H and O–H groups in total. The van der Waals surface area contributed by atoms with Crippen molar-refractivity contribution in [2.45, 2.75) is 0 Å². The van der Waals surface area contributed by atoms with Crippen LogP contribution in [0.2, 0.25) is 5.02 Å². The second kappa shape index (κ2) is 3.50. The highest BCUT2D eigenvalue weighted by Crippen LogP contribution is 2.37. The number of benzene rings is 1. The molecule has 0 atom stereocenters. The van der Waals surface area contributed by atoms with E-state index >= 15 is 0 Å². The number of nitrogen functional groups attached to an aromatic ring is 1. The molecule has 3 nitrogen and oxygen atoms in total. The van der Waals surface area contributed by atoms with Crippen molar-refractivity contribution in [3.8, 4) is 10.6 Å². The van der Waals surface area contributed by atoms with Crippen LogP contribution in [-0.2, 0) is 0 Å². The van der Waals surface area contributed by atoms with E-state index in [2.05, 4.69) is 16.3 Å². The van der Waals surface area contributed by atoms with Crippen LogP contribution in [0.4, 0.5) is 5.69 Å². The van der Waals surface area contributed by atoms with Gasteiger partial charge in [-0.05, 0) is 17.5 Å². The van der Waals surface area contributed by atoms with E-state index in [4.69, 9.17) is 17.3 Å². The van der Waals surface area contributed by atoms with Gasteiger partial charge in [0.25, 0.3) is 0 Å². The maximum Gasteiger partial charge on any atom is 0.0980 e. The molecular formula is C11H8ClN3S. The van der Waals surface area contributed by atoms with E-state index in [1.807, 2.05) is 18.2 Å². The van der Waals surface area contributed by atoms with Crippen molar-refractivity contribution in [1.82, 2.24) is 10.2 Å². The highest BCUT2D eigenvalue weighted by molar-refractivity contribution is 7.22. The fraction of sp³-hybridized carbons (Fsp3) is 0. The number of nitrogens with one attached hydrogen (secondary N) is 1. The fourth-order valence-electron chi connectivity index (χ4n) is 1.64. The fourth-order valence-corrected chi connectivity index (χ4v) is 3.02. The largest absolute Gasteiger partial charge is 0.396 e. The predicted octanol–water partition coefficient (Wildman–Crippen LogP) is 3.53. The summed E-state index contributed by atoms with van der Waals surface area (Å²) in [6, 6.07) is 7.93. The smallest absolute Gasteiger partial charge is 0.0980 e. The topological polar surface area (TPSA) is 54.7 Å². The number of hydrogen-bond donors (Lipinski definition) is 2. The van der Waals surface area contributed by atoms with Crippen molar-refractivity contribution >= 4 is 38.7 Å². The number of hydrogen-bond acceptors (Lipinski definition) is 3. The van der Waals surface area contributed by atoms with E-state index in [-0.39, 0.29) is 0 Å². The lowest BCUT2D eigenvalue weighted by Gasteiger charge is -1.91. The first-order valence-electron chi connectivity index (χ1n) is 4.73. The molecule has 5 heteroatoms. The Bertz CT molecular complexity index is 656. The quantitative estimate of drug-likeness (QED) is 0.693. The summed E-state index contributed by atoms with van der Waals surface area (Å²) < 4.78 is 1.08. The molecule has 0 aliphatic heterocycles. The minimum atomic E-state index is 0.655. The summed E-state index contributed by atoms with van der Waals surface area (Å²) in [5, 5.41) is 8.71. The molecule has 0 bridgehead atoms. The molecule has 2 heterocycles. The zero-order valence-corrected chi connectivity index (χ0v) is 9.77. The number of aromatic amines is 1. The Morgan fingerprint density at radius 1 is 1.38 bits per heavy atom. The monoisotopic (exact) mass is 249 g/mol. The minimum Gasteiger partial charge on any atom is -0.396 e. The van der Waals surface area contributed by atoms with Crippen LogP contribution in [0.3, 0.4) is 0 Å². The van der Waals surface area contributed by atoms with Crippen molar-refractivity contribution in [2.24, 2.45) is 0 Å². The lowest BCUT2D eigenvalue weighted by atomic mass is 10.2. The van der Waals surface area contributed by atoms with E-state index in [0.29, 0.717) is 5.69 Å². The van der Waals surface area contributed by atoms with Gasteiger partial charge in [0.15, 0.2) is 0 Å². The molecule has 16 heavy (non-hydrogen) atoms. The minimum absolute atomic E-state index is 0.655. The number of aromatic nitrogens is 2. The normalized spacial score (nSPS) is 11.1. The highest BCUT2D eigenvalue weighted by atomic mass is 35.5. The number of H-pyrrole nitrogens is 1. The van der Waals surface area contributed by atoms with Crippen molar-refractivity contribution in [3.05, 3.63) is 35.5 Å². The average Bonchev–Trinajstić information content (AvgIpc) is 2.84. The molecule has 0 fully saturated rings. The first kappa shape index (κ1) is 9.69. The Balaban J connectivity index is 2.27. The van der Waals surface area contributed by atoms with Gasteiger partial charge in [-0.2, -0.15) is 5.10 Å². The van der Waals surface area contributed by atoms with Gasteiger partial charge in [-0.1, -0.05) is 23.7 Å². The summed E-state index contributed by atoms with van der Waals surface area (Å²) in [4.78, 5) is 1.05. The van der Waals surface area contributed by atoms with E-state index in [0.717, 1.165) is 25.7 Å². The number of fused-ring (bicyclic) bond motifs is 1. The summed E-state index contributed by atoms with van der Waals surface area (Å²) in [5.74, 6) is 0. The van der Waals surface area contributed by atoms with Crippen LogP contribution in [0.25, 0.3) is 20.7 Å². The molecule has 3 aromatic rings. The SMILES string of the molecule is Nc1cn[nH]c1-c1cc2cccc(Cl)c2s1. The van der Waals surface area contributed by atoms with Crippen LogP contribution in [0.15, 0.2) is 30.5 Å². The second-order valence-electron chi connectivity index (χ2n) is 3.47. The van der Waals surface area contributed by atoms with Gasteiger partial charge in [0.2, 0.25) is 0 Å². The van der Waals surface area contributed by atoms with Gasteiger partial charge < -0.3 is 5.73 Å². The van der Waals surface area contributed by atoms with Gasteiger partial charge in [-0.25, -0.2) is 0 Å². The van der Waals surface area contributed by atoms with Gasteiger partial charge in [0.05, 0.1) is 32.2 Å². The van der Waals surface area contributed by atoms with Gasteiger partial charge >= 0.3 is 0 Å². The molecule has 3 rings (SSSR count). The highest BCUT2D eigenvalue weighted by Gasteiger charge is 2.10. The number of nitrogens with zero attached hydrogens (tertiary/aromatic N) is 1. The van der Waals surface area contributed by atoms with Crippen LogP contribution in [0.5, 0.6) is 0 Å². The Labute approximate surface area is 101 Å². The van der Waals surface area contributed by atoms with Crippen molar-refractivity contribution < 1.29 is 0 Å². The maximum atomic E-state index is 6.12. The standard InChI is InChI=1S/C11H8ClN3S/c12-7-3-1-2-6-4-9(16-11(6)7)10-8(13)5-14-15-10/h1-5H,13H2,(H,14,15). The molecule has 2 aromatic heterocycles. The molecule has 0 unspecified atom stereocenters. The Hall–Kier alpha value is -1.52. The molecule has 0 aliphatic carbocycles. The molecule has 0 spiro atoms. The number of thiophene rings is 1. The Morgan fingerprint density at radius 3 is 2.94 bits per heavy atom. The molecule has 0 saturated carbocycles. The molecule has 0 saturated heterocycles. The summed E-state index contributed by atoms with van der Waals surface area (Å²) >= 11 is 7.74. The Morgan fingerprint density at radius 2 is 2.25 bits per heavy atom.